The molecule has 124 valence electrons. The van der Waals surface area contributed by atoms with E-state index in [9.17, 15) is 9.59 Å². The van der Waals surface area contributed by atoms with Crippen LogP contribution in [0.5, 0.6) is 5.75 Å². The lowest BCUT2D eigenvalue weighted by Crippen LogP contribution is -2.48. The minimum atomic E-state index is -0.506. The van der Waals surface area contributed by atoms with E-state index < -0.39 is 6.04 Å². The summed E-state index contributed by atoms with van der Waals surface area (Å²) in [6.07, 6.45) is 3.17. The average Bonchev–Trinajstić information content (AvgIpc) is 3.03. The molecule has 3 N–H and O–H groups in total. The fourth-order valence-electron chi connectivity index (χ4n) is 3.18. The van der Waals surface area contributed by atoms with E-state index in [4.69, 9.17) is 10.5 Å². The van der Waals surface area contributed by atoms with E-state index in [-0.39, 0.29) is 17.9 Å². The topological polar surface area (TPSA) is 84.7 Å². The number of hydrogen-bond acceptors (Lipinski definition) is 4. The van der Waals surface area contributed by atoms with E-state index in [2.05, 4.69) is 5.32 Å². The standard InChI is InChI=1S/C17H23N3O3/c18-15-7-2-8-19-16(21)12-4-1-6-14(10-12)23-11-13-5-3-9-20(13)17(15)22/h1,4,6,10,13,15H,2-3,5,7-9,11,18H2,(H,19,21)/t13-,15-/m0/s1. The highest BCUT2D eigenvalue weighted by atomic mass is 16.5. The quantitative estimate of drug-likeness (QED) is 0.745. The van der Waals surface area contributed by atoms with Crippen molar-refractivity contribution < 1.29 is 14.3 Å². The maximum atomic E-state index is 12.5. The average molecular weight is 317 g/mol. The minimum Gasteiger partial charge on any atom is -0.491 e. The van der Waals surface area contributed by atoms with Gasteiger partial charge in [0.2, 0.25) is 5.91 Å². The maximum absolute atomic E-state index is 12.5. The molecule has 23 heavy (non-hydrogen) atoms. The Hall–Kier alpha value is -2.08. The van der Waals surface area contributed by atoms with E-state index >= 15 is 0 Å². The third-order valence-corrected chi connectivity index (χ3v) is 4.49. The Bertz CT molecular complexity index is 590. The summed E-state index contributed by atoms with van der Waals surface area (Å²) in [5.74, 6) is 0.515. The Balaban J connectivity index is 1.80. The van der Waals surface area contributed by atoms with Gasteiger partial charge in [0.05, 0.1) is 12.1 Å². The highest BCUT2D eigenvalue weighted by Crippen LogP contribution is 2.21. The first-order chi connectivity index (χ1) is 11.1. The number of nitrogens with two attached hydrogens (primary N) is 1. The van der Waals surface area contributed by atoms with Crippen LogP contribution in [-0.2, 0) is 4.79 Å². The van der Waals surface area contributed by atoms with Gasteiger partial charge in [0.15, 0.2) is 0 Å². The zero-order valence-electron chi connectivity index (χ0n) is 13.2. The molecule has 1 fully saturated rings. The van der Waals surface area contributed by atoms with Crippen LogP contribution in [0.25, 0.3) is 0 Å². The molecular formula is C17H23N3O3. The number of carbonyl (C=O) groups is 2. The van der Waals surface area contributed by atoms with Gasteiger partial charge in [-0.15, -0.1) is 0 Å². The van der Waals surface area contributed by atoms with Crippen LogP contribution in [0, 0.1) is 0 Å². The predicted octanol–water partition coefficient (Wildman–Crippen LogP) is 0.907. The molecule has 0 aliphatic carbocycles. The molecule has 1 aromatic carbocycles. The van der Waals surface area contributed by atoms with Crippen LogP contribution >= 0.6 is 0 Å². The lowest BCUT2D eigenvalue weighted by molar-refractivity contribution is -0.134. The van der Waals surface area contributed by atoms with Crippen molar-refractivity contribution in [1.29, 1.82) is 0 Å². The summed E-state index contributed by atoms with van der Waals surface area (Å²) in [7, 11) is 0. The van der Waals surface area contributed by atoms with Gasteiger partial charge in [-0.1, -0.05) is 6.07 Å². The summed E-state index contributed by atoms with van der Waals surface area (Å²) < 4.78 is 5.82. The first kappa shape index (κ1) is 15.8. The number of ether oxygens (including phenoxy) is 1. The monoisotopic (exact) mass is 317 g/mol. The Kier molecular flexibility index (Phi) is 4.81. The van der Waals surface area contributed by atoms with E-state index in [0.29, 0.717) is 37.3 Å². The van der Waals surface area contributed by atoms with Crippen molar-refractivity contribution in [2.45, 2.75) is 37.8 Å². The van der Waals surface area contributed by atoms with Crippen molar-refractivity contribution in [3.05, 3.63) is 29.8 Å². The molecule has 1 aromatic rings. The van der Waals surface area contributed by atoms with E-state index in [1.807, 2.05) is 17.0 Å². The summed E-state index contributed by atoms with van der Waals surface area (Å²) in [4.78, 5) is 26.5. The number of hydrogen-bond donors (Lipinski definition) is 2. The van der Waals surface area contributed by atoms with Crippen molar-refractivity contribution in [2.24, 2.45) is 5.73 Å². The van der Waals surface area contributed by atoms with Gasteiger partial charge in [-0.2, -0.15) is 0 Å². The molecule has 1 saturated heterocycles. The zero-order chi connectivity index (χ0) is 16.2. The fraction of sp³-hybridized carbons (Fsp3) is 0.529. The molecule has 2 aliphatic rings. The first-order valence-corrected chi connectivity index (χ1v) is 8.22. The Labute approximate surface area is 136 Å². The smallest absolute Gasteiger partial charge is 0.251 e. The molecule has 2 heterocycles. The Morgan fingerprint density at radius 1 is 1.22 bits per heavy atom. The van der Waals surface area contributed by atoms with Crippen molar-refractivity contribution in [3.8, 4) is 5.75 Å². The number of fused-ring (bicyclic) bond motifs is 3. The number of nitrogens with zero attached hydrogens (tertiary/aromatic N) is 1. The Morgan fingerprint density at radius 2 is 2.09 bits per heavy atom. The molecule has 6 heteroatoms. The number of carbonyl (C=O) groups excluding carboxylic acids is 2. The van der Waals surface area contributed by atoms with Crippen LogP contribution in [-0.4, -0.2) is 48.5 Å². The molecule has 0 spiro atoms. The number of nitrogens with one attached hydrogen (secondary N) is 1. The van der Waals surface area contributed by atoms with Crippen LogP contribution in [0.4, 0.5) is 0 Å². The summed E-state index contributed by atoms with van der Waals surface area (Å²) in [6.45, 7) is 1.69. The third kappa shape index (κ3) is 3.64. The predicted molar refractivity (Wildman–Crippen MR) is 86.2 cm³/mol. The highest BCUT2D eigenvalue weighted by molar-refractivity contribution is 5.94. The molecule has 2 atom stereocenters. The third-order valence-electron chi connectivity index (χ3n) is 4.49. The van der Waals surface area contributed by atoms with E-state index in [1.54, 1.807) is 12.1 Å². The second kappa shape index (κ2) is 7.00. The number of benzene rings is 1. The lowest BCUT2D eigenvalue weighted by atomic mass is 10.1. The van der Waals surface area contributed by atoms with Gasteiger partial charge in [0.25, 0.3) is 5.91 Å². The zero-order valence-corrected chi connectivity index (χ0v) is 13.2. The lowest BCUT2D eigenvalue weighted by Gasteiger charge is -2.27. The molecule has 6 nitrogen and oxygen atoms in total. The van der Waals surface area contributed by atoms with Crippen molar-refractivity contribution in [1.82, 2.24) is 10.2 Å². The molecule has 0 unspecified atom stereocenters. The van der Waals surface area contributed by atoms with E-state index in [1.165, 1.54) is 0 Å². The van der Waals surface area contributed by atoms with E-state index in [0.717, 1.165) is 19.4 Å². The molecule has 0 saturated carbocycles. The second-order valence-electron chi connectivity index (χ2n) is 6.17. The highest BCUT2D eigenvalue weighted by Gasteiger charge is 2.32. The summed E-state index contributed by atoms with van der Waals surface area (Å²) in [5, 5.41) is 2.85. The first-order valence-electron chi connectivity index (χ1n) is 8.22. The van der Waals surface area contributed by atoms with Crippen molar-refractivity contribution in [2.75, 3.05) is 19.7 Å². The van der Waals surface area contributed by atoms with Gasteiger partial charge in [-0.05, 0) is 43.9 Å². The van der Waals surface area contributed by atoms with Crippen LogP contribution in [0.1, 0.15) is 36.0 Å². The number of rotatable bonds is 0. The summed E-state index contributed by atoms with van der Waals surface area (Å²) in [6, 6.07) is 6.71. The summed E-state index contributed by atoms with van der Waals surface area (Å²) >= 11 is 0. The van der Waals surface area contributed by atoms with Gasteiger partial charge in [0.1, 0.15) is 12.4 Å². The molecule has 2 amide bonds. The number of amides is 2. The fourth-order valence-corrected chi connectivity index (χ4v) is 3.18. The van der Waals surface area contributed by atoms with Crippen LogP contribution in [0.3, 0.4) is 0 Å². The van der Waals surface area contributed by atoms with Crippen LogP contribution in [0.2, 0.25) is 0 Å². The van der Waals surface area contributed by atoms with Gasteiger partial charge in [-0.3, -0.25) is 9.59 Å². The van der Waals surface area contributed by atoms with Crippen LogP contribution < -0.4 is 15.8 Å². The molecular weight excluding hydrogens is 294 g/mol. The molecule has 0 aromatic heterocycles. The molecule has 0 radical (unpaired) electrons. The summed E-state index contributed by atoms with van der Waals surface area (Å²) in [5.41, 5.74) is 6.62. The second-order valence-corrected chi connectivity index (χ2v) is 6.17. The minimum absolute atomic E-state index is 0.00626. The molecule has 3 rings (SSSR count). The van der Waals surface area contributed by atoms with Crippen molar-refractivity contribution >= 4 is 11.8 Å². The normalized spacial score (nSPS) is 26.0. The van der Waals surface area contributed by atoms with Crippen LogP contribution in [0.15, 0.2) is 24.3 Å². The SMILES string of the molecule is N[C@H]1CCCNC(=O)c2cccc(c2)OC[C@@H]2CCCN2C1=O. The maximum Gasteiger partial charge on any atom is 0.251 e. The Morgan fingerprint density at radius 3 is 2.96 bits per heavy atom. The van der Waals surface area contributed by atoms with Gasteiger partial charge < -0.3 is 20.7 Å². The molecule has 2 aliphatic heterocycles. The van der Waals surface area contributed by atoms with Gasteiger partial charge in [0, 0.05) is 18.7 Å². The largest absolute Gasteiger partial charge is 0.491 e. The van der Waals surface area contributed by atoms with Gasteiger partial charge >= 0.3 is 0 Å². The molecule has 2 bridgehead atoms. The van der Waals surface area contributed by atoms with Crippen molar-refractivity contribution in [3.63, 3.8) is 0 Å². The van der Waals surface area contributed by atoms with Gasteiger partial charge in [-0.25, -0.2) is 0 Å².